The zero-order valence-corrected chi connectivity index (χ0v) is 27.4. The lowest BCUT2D eigenvalue weighted by atomic mass is 9.86. The van der Waals surface area contributed by atoms with Crippen LogP contribution in [0, 0.1) is 22.7 Å². The molecule has 0 bridgehead atoms. The largest absolute Gasteiger partial charge is 0.481 e. The molecular formula is C32H63N3O5. The molecule has 2 rings (SSSR count). The fourth-order valence-corrected chi connectivity index (χ4v) is 4.92. The minimum Gasteiger partial charge on any atom is -0.481 e. The van der Waals surface area contributed by atoms with Crippen LogP contribution in [-0.2, 0) is 14.3 Å². The summed E-state index contributed by atoms with van der Waals surface area (Å²) in [6, 6.07) is 0. The van der Waals surface area contributed by atoms with Crippen LogP contribution < -0.4 is 11.1 Å². The van der Waals surface area contributed by atoms with Gasteiger partial charge in [0.1, 0.15) is 5.60 Å². The van der Waals surface area contributed by atoms with Gasteiger partial charge in [0.25, 0.3) is 0 Å². The first-order chi connectivity index (χ1) is 18.5. The molecule has 1 heterocycles. The van der Waals surface area contributed by atoms with Crippen LogP contribution in [0.3, 0.4) is 0 Å². The highest BCUT2D eigenvalue weighted by Gasteiger charge is 2.32. The minimum absolute atomic E-state index is 0.0389. The number of likely N-dealkylation sites (tertiary alicyclic amines) is 1. The molecule has 2 fully saturated rings. The lowest BCUT2D eigenvalue weighted by Crippen LogP contribution is -2.47. The summed E-state index contributed by atoms with van der Waals surface area (Å²) >= 11 is 0. The molecule has 1 aliphatic heterocycles. The molecule has 2 amide bonds. The summed E-state index contributed by atoms with van der Waals surface area (Å²) in [7, 11) is 0. The quantitative estimate of drug-likeness (QED) is 0.275. The molecule has 1 aliphatic carbocycles. The van der Waals surface area contributed by atoms with Crippen molar-refractivity contribution in [2.75, 3.05) is 26.2 Å². The van der Waals surface area contributed by atoms with Crippen molar-refractivity contribution in [2.45, 2.75) is 139 Å². The average Bonchev–Trinajstić information content (AvgIpc) is 2.88. The number of nitrogens with zero attached hydrogens (tertiary/aromatic N) is 1. The molecule has 4 N–H and O–H groups in total. The van der Waals surface area contributed by atoms with E-state index in [-0.39, 0.29) is 12.5 Å². The Morgan fingerprint density at radius 3 is 1.70 bits per heavy atom. The van der Waals surface area contributed by atoms with Crippen molar-refractivity contribution in [3.63, 3.8) is 0 Å². The van der Waals surface area contributed by atoms with Crippen LogP contribution in [0.15, 0.2) is 0 Å². The molecule has 2 aliphatic rings. The molecule has 1 saturated carbocycles. The van der Waals surface area contributed by atoms with Gasteiger partial charge in [-0.2, -0.15) is 0 Å². The Kier molecular flexibility index (Phi) is 17.7. The summed E-state index contributed by atoms with van der Waals surface area (Å²) in [5.74, 6) is 1.20. The topological polar surface area (TPSA) is 122 Å². The van der Waals surface area contributed by atoms with Crippen molar-refractivity contribution in [1.29, 1.82) is 0 Å². The Bertz CT molecular complexity index is 729. The van der Waals surface area contributed by atoms with Gasteiger partial charge in [0.15, 0.2) is 0 Å². The number of nitrogens with two attached hydrogens (primary N) is 1. The minimum atomic E-state index is -0.989. The zero-order valence-electron chi connectivity index (χ0n) is 27.4. The number of aliphatic carboxylic acids is 1. The van der Waals surface area contributed by atoms with Gasteiger partial charge in [-0.3, -0.25) is 9.59 Å². The van der Waals surface area contributed by atoms with Crippen LogP contribution in [-0.4, -0.2) is 59.8 Å². The van der Waals surface area contributed by atoms with Gasteiger partial charge < -0.3 is 25.8 Å². The Hall–Kier alpha value is -1.83. The third-order valence-electron chi connectivity index (χ3n) is 7.76. The van der Waals surface area contributed by atoms with E-state index >= 15 is 0 Å². The standard InChI is InChI=1S/C13H26N2O.C10H19NO4.C9H18/c1-4-5-11-6-8-15(9-7-11)12(16)13(2,3)10-14;1-9(2,3)15-8(14)11-6-10(4,5)7(12)13;1-2-6-9-7-4-3-5-8-9/h11H,4-10,14H2,1-3H3;6H2,1-5H3,(H,11,14)(H,12,13);9H,2-8H2,1H3. The second-order valence-electron chi connectivity index (χ2n) is 13.9. The average molecular weight is 570 g/mol. The van der Waals surface area contributed by atoms with E-state index in [4.69, 9.17) is 15.6 Å². The number of nitrogens with one attached hydrogen (secondary N) is 1. The Morgan fingerprint density at radius 2 is 1.30 bits per heavy atom. The van der Waals surface area contributed by atoms with Gasteiger partial charge in [-0.25, -0.2) is 4.79 Å². The van der Waals surface area contributed by atoms with E-state index in [0.29, 0.717) is 6.54 Å². The summed E-state index contributed by atoms with van der Waals surface area (Å²) in [6.07, 6.45) is 14.7. The molecule has 40 heavy (non-hydrogen) atoms. The number of hydrogen-bond donors (Lipinski definition) is 3. The number of carbonyl (C=O) groups is 3. The molecule has 1 saturated heterocycles. The monoisotopic (exact) mass is 569 g/mol. The smallest absolute Gasteiger partial charge is 0.407 e. The van der Waals surface area contributed by atoms with E-state index in [1.807, 2.05) is 18.7 Å². The number of carboxylic acids is 1. The first kappa shape index (κ1) is 38.2. The molecule has 0 radical (unpaired) electrons. The Labute approximate surface area is 245 Å². The van der Waals surface area contributed by atoms with E-state index in [2.05, 4.69) is 19.2 Å². The maximum absolute atomic E-state index is 12.2. The fourth-order valence-electron chi connectivity index (χ4n) is 4.92. The Morgan fingerprint density at radius 1 is 0.825 bits per heavy atom. The second-order valence-corrected chi connectivity index (χ2v) is 13.9. The number of ether oxygens (including phenoxy) is 1. The second kappa shape index (κ2) is 18.6. The molecule has 8 heteroatoms. The Balaban J connectivity index is 0.000000592. The molecule has 0 spiro atoms. The van der Waals surface area contributed by atoms with Crippen molar-refractivity contribution >= 4 is 18.0 Å². The highest BCUT2D eigenvalue weighted by molar-refractivity contribution is 5.82. The highest BCUT2D eigenvalue weighted by Crippen LogP contribution is 2.27. The summed E-state index contributed by atoms with van der Waals surface area (Å²) < 4.78 is 4.97. The van der Waals surface area contributed by atoms with E-state index in [9.17, 15) is 14.4 Å². The normalized spacial score (nSPS) is 17.1. The number of piperidine rings is 1. The lowest BCUT2D eigenvalue weighted by Gasteiger charge is -2.36. The van der Waals surface area contributed by atoms with Crippen molar-refractivity contribution in [3.05, 3.63) is 0 Å². The van der Waals surface area contributed by atoms with Gasteiger partial charge in [0, 0.05) is 26.2 Å². The molecule has 0 aromatic heterocycles. The van der Waals surface area contributed by atoms with Crippen LogP contribution in [0.1, 0.15) is 133 Å². The molecular weight excluding hydrogens is 506 g/mol. The summed E-state index contributed by atoms with van der Waals surface area (Å²) in [6.45, 7) is 19.0. The molecule has 0 atom stereocenters. The SMILES string of the molecule is CC(C)(C)OC(=O)NCC(C)(C)C(=O)O.CCCC1CCCCC1.CCCC1CCN(C(=O)C(C)(C)CN)CC1. The van der Waals surface area contributed by atoms with Crippen molar-refractivity contribution in [1.82, 2.24) is 10.2 Å². The van der Waals surface area contributed by atoms with Crippen LogP contribution in [0.25, 0.3) is 0 Å². The third-order valence-corrected chi connectivity index (χ3v) is 7.76. The molecule has 0 unspecified atom stereocenters. The number of amides is 2. The first-order valence-electron chi connectivity index (χ1n) is 15.7. The van der Waals surface area contributed by atoms with Crippen LogP contribution in [0.5, 0.6) is 0 Å². The predicted octanol–water partition coefficient (Wildman–Crippen LogP) is 7.00. The van der Waals surface area contributed by atoms with Gasteiger partial charge >= 0.3 is 12.1 Å². The molecule has 8 nitrogen and oxygen atoms in total. The zero-order chi connectivity index (χ0) is 31.0. The number of alkyl carbamates (subject to hydrolysis) is 1. The number of hydrogen-bond acceptors (Lipinski definition) is 5. The van der Waals surface area contributed by atoms with Gasteiger partial charge in [0.05, 0.1) is 10.8 Å². The van der Waals surface area contributed by atoms with Crippen molar-refractivity contribution in [3.8, 4) is 0 Å². The van der Waals surface area contributed by atoms with Gasteiger partial charge in [-0.05, 0) is 73.1 Å². The van der Waals surface area contributed by atoms with Gasteiger partial charge in [0.2, 0.25) is 5.91 Å². The summed E-state index contributed by atoms with van der Waals surface area (Å²) in [4.78, 5) is 36.1. The predicted molar refractivity (Wildman–Crippen MR) is 164 cm³/mol. The van der Waals surface area contributed by atoms with E-state index in [1.165, 1.54) is 84.5 Å². The highest BCUT2D eigenvalue weighted by atomic mass is 16.6. The molecule has 0 aromatic carbocycles. The lowest BCUT2D eigenvalue weighted by molar-refractivity contribution is -0.146. The van der Waals surface area contributed by atoms with Crippen LogP contribution >= 0.6 is 0 Å². The van der Waals surface area contributed by atoms with Crippen molar-refractivity contribution < 1.29 is 24.2 Å². The van der Waals surface area contributed by atoms with Crippen LogP contribution in [0.4, 0.5) is 4.79 Å². The van der Waals surface area contributed by atoms with E-state index in [0.717, 1.165) is 24.9 Å². The summed E-state index contributed by atoms with van der Waals surface area (Å²) in [5, 5.41) is 11.2. The molecule has 0 aromatic rings. The fraction of sp³-hybridized carbons (Fsp3) is 0.906. The number of carbonyl (C=O) groups excluding carboxylic acids is 2. The summed E-state index contributed by atoms with van der Waals surface area (Å²) in [5.41, 5.74) is 3.69. The van der Waals surface area contributed by atoms with Crippen LogP contribution in [0.2, 0.25) is 0 Å². The van der Waals surface area contributed by atoms with Crippen molar-refractivity contribution in [2.24, 2.45) is 28.4 Å². The number of rotatable bonds is 9. The van der Waals surface area contributed by atoms with Gasteiger partial charge in [-0.1, -0.05) is 71.6 Å². The van der Waals surface area contributed by atoms with E-state index in [1.54, 1.807) is 20.8 Å². The maximum Gasteiger partial charge on any atom is 0.407 e. The van der Waals surface area contributed by atoms with E-state index < -0.39 is 28.5 Å². The van der Waals surface area contributed by atoms with Gasteiger partial charge in [-0.15, -0.1) is 0 Å². The number of carboxylic acid groups (broad SMARTS) is 1. The maximum atomic E-state index is 12.2. The first-order valence-corrected chi connectivity index (χ1v) is 15.7. The molecule has 236 valence electrons. The third kappa shape index (κ3) is 16.4.